The van der Waals surface area contributed by atoms with Crippen LogP contribution in [0.3, 0.4) is 0 Å². The van der Waals surface area contributed by atoms with Crippen molar-refractivity contribution in [1.82, 2.24) is 5.32 Å². The van der Waals surface area contributed by atoms with Crippen LogP contribution in [0.2, 0.25) is 0 Å². The summed E-state index contributed by atoms with van der Waals surface area (Å²) in [6.45, 7) is 4.41. The fraction of sp³-hybridized carbons (Fsp3) is 0.333. The summed E-state index contributed by atoms with van der Waals surface area (Å²) in [5.74, 6) is 0. The van der Waals surface area contributed by atoms with E-state index in [1.54, 1.807) is 0 Å². The molecule has 0 aliphatic carbocycles. The van der Waals surface area contributed by atoms with E-state index in [-0.39, 0.29) is 0 Å². The molecule has 2 atom stereocenters. The summed E-state index contributed by atoms with van der Waals surface area (Å²) in [4.78, 5) is 2.12. The summed E-state index contributed by atoms with van der Waals surface area (Å²) >= 11 is 3.53. The summed E-state index contributed by atoms with van der Waals surface area (Å²) < 4.78 is 1.12. The third-order valence-electron chi connectivity index (χ3n) is 3.76. The van der Waals surface area contributed by atoms with Crippen molar-refractivity contribution < 1.29 is 0 Å². The molecule has 0 heterocycles. The topological polar surface area (TPSA) is 15.3 Å². The highest BCUT2D eigenvalue weighted by atomic mass is 79.9. The predicted molar refractivity (Wildman–Crippen MR) is 94.9 cm³/mol. The maximum absolute atomic E-state index is 3.65. The maximum Gasteiger partial charge on any atom is 0.0361 e. The summed E-state index contributed by atoms with van der Waals surface area (Å²) in [6.07, 6.45) is 0. The third kappa shape index (κ3) is 4.32. The lowest BCUT2D eigenvalue weighted by atomic mass is 10.0. The van der Waals surface area contributed by atoms with E-state index in [0.717, 1.165) is 4.47 Å². The molecule has 0 fully saturated rings. The molecule has 2 nitrogen and oxygen atoms in total. The van der Waals surface area contributed by atoms with Gasteiger partial charge in [-0.1, -0.05) is 40.2 Å². The van der Waals surface area contributed by atoms with Gasteiger partial charge < -0.3 is 10.2 Å². The van der Waals surface area contributed by atoms with Gasteiger partial charge in [0.05, 0.1) is 0 Å². The molecular formula is C18H23BrN2. The van der Waals surface area contributed by atoms with Crippen LogP contribution in [0.4, 0.5) is 5.69 Å². The van der Waals surface area contributed by atoms with Crippen LogP contribution in [0, 0.1) is 0 Å². The van der Waals surface area contributed by atoms with E-state index in [4.69, 9.17) is 0 Å². The molecule has 0 saturated heterocycles. The van der Waals surface area contributed by atoms with Crippen molar-refractivity contribution in [2.75, 3.05) is 19.0 Å². The van der Waals surface area contributed by atoms with Gasteiger partial charge in [-0.05, 0) is 49.2 Å². The van der Waals surface area contributed by atoms with Crippen LogP contribution in [0.1, 0.15) is 37.1 Å². The molecule has 2 aromatic rings. The van der Waals surface area contributed by atoms with Gasteiger partial charge in [0.25, 0.3) is 0 Å². The Morgan fingerprint density at radius 2 is 1.52 bits per heavy atom. The Morgan fingerprint density at radius 1 is 0.905 bits per heavy atom. The fourth-order valence-corrected chi connectivity index (χ4v) is 2.82. The Labute approximate surface area is 136 Å². The van der Waals surface area contributed by atoms with Gasteiger partial charge in [0, 0.05) is 36.3 Å². The molecule has 1 N–H and O–H groups in total. The smallest absolute Gasteiger partial charge is 0.0361 e. The molecular weight excluding hydrogens is 324 g/mol. The molecule has 3 heteroatoms. The van der Waals surface area contributed by atoms with Gasteiger partial charge in [-0.3, -0.25) is 0 Å². The first kappa shape index (κ1) is 16.1. The first-order valence-corrected chi connectivity index (χ1v) is 8.05. The molecule has 0 aromatic heterocycles. The Hall–Kier alpha value is -1.32. The minimum Gasteiger partial charge on any atom is -0.378 e. The maximum atomic E-state index is 3.65. The van der Waals surface area contributed by atoms with Crippen LogP contribution in [0.25, 0.3) is 0 Å². The van der Waals surface area contributed by atoms with E-state index >= 15 is 0 Å². The minimum atomic E-state index is 0.311. The van der Waals surface area contributed by atoms with Crippen LogP contribution < -0.4 is 10.2 Å². The SMILES string of the molecule is CC(N[C@@H](C)c1cccc(Br)c1)c1ccc(N(C)C)cc1. The molecule has 0 aliphatic heterocycles. The molecule has 112 valence electrons. The predicted octanol–water partition coefficient (Wildman–Crippen LogP) is 4.93. The number of halogens is 1. The molecule has 0 spiro atoms. The van der Waals surface area contributed by atoms with Crippen molar-refractivity contribution in [3.8, 4) is 0 Å². The van der Waals surface area contributed by atoms with Crippen LogP contribution in [0.15, 0.2) is 53.0 Å². The van der Waals surface area contributed by atoms with E-state index in [0.29, 0.717) is 12.1 Å². The van der Waals surface area contributed by atoms with Crippen LogP contribution in [-0.4, -0.2) is 14.1 Å². The van der Waals surface area contributed by atoms with Crippen LogP contribution >= 0.6 is 15.9 Å². The molecule has 2 rings (SSSR count). The summed E-state index contributed by atoms with van der Waals surface area (Å²) in [5, 5.41) is 3.65. The molecule has 0 saturated carbocycles. The molecule has 0 radical (unpaired) electrons. The lowest BCUT2D eigenvalue weighted by Gasteiger charge is -2.22. The van der Waals surface area contributed by atoms with Crippen molar-refractivity contribution in [2.24, 2.45) is 0 Å². The highest BCUT2D eigenvalue weighted by molar-refractivity contribution is 9.10. The van der Waals surface area contributed by atoms with Gasteiger partial charge in [-0.15, -0.1) is 0 Å². The molecule has 21 heavy (non-hydrogen) atoms. The number of nitrogens with zero attached hydrogens (tertiary/aromatic N) is 1. The highest BCUT2D eigenvalue weighted by Gasteiger charge is 2.11. The first-order valence-electron chi connectivity index (χ1n) is 7.26. The zero-order chi connectivity index (χ0) is 15.4. The number of nitrogens with one attached hydrogen (secondary N) is 1. The lowest BCUT2D eigenvalue weighted by molar-refractivity contribution is 0.494. The van der Waals surface area contributed by atoms with Crippen molar-refractivity contribution in [3.05, 3.63) is 64.1 Å². The van der Waals surface area contributed by atoms with Gasteiger partial charge in [-0.25, -0.2) is 0 Å². The van der Waals surface area contributed by atoms with E-state index in [9.17, 15) is 0 Å². The number of anilines is 1. The number of benzene rings is 2. The summed E-state index contributed by atoms with van der Waals surface area (Å²) in [7, 11) is 4.12. The minimum absolute atomic E-state index is 0.311. The summed E-state index contributed by atoms with van der Waals surface area (Å²) in [6, 6.07) is 17.8. The second-order valence-corrected chi connectivity index (χ2v) is 6.57. The zero-order valence-electron chi connectivity index (χ0n) is 13.1. The Morgan fingerprint density at radius 3 is 2.10 bits per heavy atom. The largest absolute Gasteiger partial charge is 0.378 e. The third-order valence-corrected chi connectivity index (χ3v) is 4.25. The Bertz CT molecular complexity index is 578. The Kier molecular flexibility index (Phi) is 5.43. The summed E-state index contributed by atoms with van der Waals surface area (Å²) in [5.41, 5.74) is 3.83. The number of rotatable bonds is 5. The lowest BCUT2D eigenvalue weighted by Crippen LogP contribution is -2.22. The number of hydrogen-bond acceptors (Lipinski definition) is 2. The molecule has 1 unspecified atom stereocenters. The van der Waals surface area contributed by atoms with Gasteiger partial charge >= 0.3 is 0 Å². The second-order valence-electron chi connectivity index (χ2n) is 5.65. The fourth-order valence-electron chi connectivity index (χ4n) is 2.40. The van der Waals surface area contributed by atoms with E-state index in [1.807, 2.05) is 0 Å². The monoisotopic (exact) mass is 346 g/mol. The van der Waals surface area contributed by atoms with E-state index < -0.39 is 0 Å². The average Bonchev–Trinajstić information content (AvgIpc) is 2.47. The van der Waals surface area contributed by atoms with Crippen molar-refractivity contribution in [2.45, 2.75) is 25.9 Å². The second kappa shape index (κ2) is 7.10. The normalized spacial score (nSPS) is 13.8. The van der Waals surface area contributed by atoms with Crippen LogP contribution in [-0.2, 0) is 0 Å². The molecule has 0 aliphatic rings. The van der Waals surface area contributed by atoms with Gasteiger partial charge in [0.15, 0.2) is 0 Å². The molecule has 0 amide bonds. The standard InChI is InChI=1S/C18H23BrN2/c1-13(15-8-10-18(11-9-15)21(3)4)20-14(2)16-6-5-7-17(19)12-16/h5-14,20H,1-4H3/t13?,14-/m0/s1. The molecule has 0 bridgehead atoms. The van der Waals surface area contributed by atoms with Gasteiger partial charge in [-0.2, -0.15) is 0 Å². The molecule has 2 aromatic carbocycles. The van der Waals surface area contributed by atoms with Crippen molar-refractivity contribution in [1.29, 1.82) is 0 Å². The quantitative estimate of drug-likeness (QED) is 0.825. The van der Waals surface area contributed by atoms with Crippen LogP contribution in [0.5, 0.6) is 0 Å². The number of hydrogen-bond donors (Lipinski definition) is 1. The van der Waals surface area contributed by atoms with E-state index in [1.165, 1.54) is 16.8 Å². The Balaban J connectivity index is 2.05. The zero-order valence-corrected chi connectivity index (χ0v) is 14.7. The van der Waals surface area contributed by atoms with Gasteiger partial charge in [0.1, 0.15) is 0 Å². The van der Waals surface area contributed by atoms with E-state index in [2.05, 4.69) is 103 Å². The van der Waals surface area contributed by atoms with Crippen molar-refractivity contribution in [3.63, 3.8) is 0 Å². The first-order chi connectivity index (χ1) is 9.97. The highest BCUT2D eigenvalue weighted by Crippen LogP contribution is 2.23. The average molecular weight is 347 g/mol. The van der Waals surface area contributed by atoms with Gasteiger partial charge in [0.2, 0.25) is 0 Å². The van der Waals surface area contributed by atoms with Crippen molar-refractivity contribution >= 4 is 21.6 Å².